The molecule has 31 heavy (non-hydrogen) atoms. The zero-order valence-corrected chi connectivity index (χ0v) is 19.3. The lowest BCUT2D eigenvalue weighted by molar-refractivity contribution is -0.126. The van der Waals surface area contributed by atoms with Crippen molar-refractivity contribution in [1.82, 2.24) is 4.90 Å². The van der Waals surface area contributed by atoms with Gasteiger partial charge in [0.2, 0.25) is 11.7 Å². The standard InChI is InChI=1S/C21H19ClN2O5S2/c1-27-15-8-12(9-16(28-2)19(15)29-3)10-17-20(26)24(21(30)31-17)11-18(25)23-14-7-5-4-6-13(14)22/h4-10H,11H2,1-3H3,(H,23,25). The first-order chi connectivity index (χ1) is 14.9. The van der Waals surface area contributed by atoms with E-state index in [0.717, 1.165) is 11.8 Å². The molecule has 0 aliphatic carbocycles. The smallest absolute Gasteiger partial charge is 0.266 e. The van der Waals surface area contributed by atoms with Crippen LogP contribution in [0.3, 0.4) is 0 Å². The summed E-state index contributed by atoms with van der Waals surface area (Å²) in [7, 11) is 4.54. The van der Waals surface area contributed by atoms with E-state index in [1.54, 1.807) is 42.5 Å². The molecule has 0 saturated carbocycles. The van der Waals surface area contributed by atoms with Crippen LogP contribution in [-0.2, 0) is 9.59 Å². The lowest BCUT2D eigenvalue weighted by atomic mass is 10.1. The van der Waals surface area contributed by atoms with E-state index in [9.17, 15) is 9.59 Å². The second-order valence-corrected chi connectivity index (χ2v) is 8.34. The molecule has 1 saturated heterocycles. The van der Waals surface area contributed by atoms with E-state index in [4.69, 9.17) is 38.0 Å². The molecule has 2 aromatic rings. The van der Waals surface area contributed by atoms with E-state index in [1.165, 1.54) is 26.2 Å². The first-order valence-electron chi connectivity index (χ1n) is 8.97. The van der Waals surface area contributed by atoms with Crippen LogP contribution < -0.4 is 19.5 Å². The highest BCUT2D eigenvalue weighted by Crippen LogP contribution is 2.40. The number of thioether (sulfide) groups is 1. The molecular weight excluding hydrogens is 460 g/mol. The molecule has 0 unspecified atom stereocenters. The third kappa shape index (κ3) is 5.12. The number of carbonyl (C=O) groups is 2. The second-order valence-electron chi connectivity index (χ2n) is 6.25. The molecule has 0 bridgehead atoms. The molecule has 3 rings (SSSR count). The fraction of sp³-hybridized carbons (Fsp3) is 0.190. The molecule has 1 fully saturated rings. The van der Waals surface area contributed by atoms with Crippen LogP contribution in [-0.4, -0.2) is 48.9 Å². The number of nitrogens with one attached hydrogen (secondary N) is 1. The molecule has 1 N–H and O–H groups in total. The van der Waals surface area contributed by atoms with Gasteiger partial charge in [0.15, 0.2) is 11.5 Å². The summed E-state index contributed by atoms with van der Waals surface area (Å²) in [6.45, 7) is -0.220. The number of methoxy groups -OCH3 is 3. The Bertz CT molecular complexity index is 1050. The quantitative estimate of drug-likeness (QED) is 0.472. The van der Waals surface area contributed by atoms with Crippen LogP contribution >= 0.6 is 35.6 Å². The first kappa shape index (κ1) is 22.9. The molecule has 1 aliphatic heterocycles. The van der Waals surface area contributed by atoms with Crippen molar-refractivity contribution < 1.29 is 23.8 Å². The number of anilines is 1. The van der Waals surface area contributed by atoms with Crippen molar-refractivity contribution in [2.24, 2.45) is 0 Å². The van der Waals surface area contributed by atoms with Gasteiger partial charge < -0.3 is 19.5 Å². The number of hydrogen-bond donors (Lipinski definition) is 1. The van der Waals surface area contributed by atoms with Gasteiger partial charge in [-0.3, -0.25) is 14.5 Å². The van der Waals surface area contributed by atoms with Crippen molar-refractivity contribution in [2.75, 3.05) is 33.2 Å². The maximum absolute atomic E-state index is 12.9. The van der Waals surface area contributed by atoms with Crippen molar-refractivity contribution in [3.05, 3.63) is 51.9 Å². The third-order valence-corrected chi connectivity index (χ3v) is 6.02. The minimum atomic E-state index is -0.404. The van der Waals surface area contributed by atoms with Crippen molar-refractivity contribution in [3.63, 3.8) is 0 Å². The number of para-hydroxylation sites is 1. The van der Waals surface area contributed by atoms with Crippen LogP contribution in [0.5, 0.6) is 17.2 Å². The van der Waals surface area contributed by atoms with Gasteiger partial charge in [0, 0.05) is 0 Å². The van der Waals surface area contributed by atoms with Crippen molar-refractivity contribution >= 4 is 63.5 Å². The minimum Gasteiger partial charge on any atom is -0.493 e. The maximum Gasteiger partial charge on any atom is 0.266 e. The Balaban J connectivity index is 1.79. The molecule has 0 atom stereocenters. The minimum absolute atomic E-state index is 0.220. The van der Waals surface area contributed by atoms with E-state index in [0.29, 0.717) is 38.4 Å². The Kier molecular flexibility index (Phi) is 7.42. The molecule has 0 spiro atoms. The van der Waals surface area contributed by atoms with Gasteiger partial charge in [0.25, 0.3) is 5.91 Å². The van der Waals surface area contributed by atoms with Gasteiger partial charge in [-0.25, -0.2) is 0 Å². The Morgan fingerprint density at radius 2 is 1.81 bits per heavy atom. The number of ether oxygens (including phenoxy) is 3. The number of amides is 2. The predicted octanol–water partition coefficient (Wildman–Crippen LogP) is 4.21. The molecule has 10 heteroatoms. The number of nitrogens with zero attached hydrogens (tertiary/aromatic N) is 1. The number of halogens is 1. The molecule has 0 radical (unpaired) electrons. The van der Waals surface area contributed by atoms with Crippen LogP contribution in [0.2, 0.25) is 5.02 Å². The lowest BCUT2D eigenvalue weighted by Crippen LogP contribution is -2.36. The predicted molar refractivity (Wildman–Crippen MR) is 126 cm³/mol. The van der Waals surface area contributed by atoms with Crippen LogP contribution in [0.1, 0.15) is 5.56 Å². The van der Waals surface area contributed by atoms with E-state index in [1.807, 2.05) is 0 Å². The molecule has 2 aromatic carbocycles. The molecule has 2 amide bonds. The molecule has 0 aromatic heterocycles. The summed E-state index contributed by atoms with van der Waals surface area (Å²) in [6.07, 6.45) is 1.66. The normalized spacial score (nSPS) is 14.7. The number of hydrogen-bond acceptors (Lipinski definition) is 7. The van der Waals surface area contributed by atoms with Gasteiger partial charge in [-0.2, -0.15) is 0 Å². The van der Waals surface area contributed by atoms with Gasteiger partial charge >= 0.3 is 0 Å². The maximum atomic E-state index is 12.9. The summed E-state index contributed by atoms with van der Waals surface area (Å²) < 4.78 is 16.3. The van der Waals surface area contributed by atoms with Gasteiger partial charge in [-0.1, -0.05) is 47.7 Å². The Labute approximate surface area is 194 Å². The summed E-state index contributed by atoms with van der Waals surface area (Å²) in [5, 5.41) is 3.09. The lowest BCUT2D eigenvalue weighted by Gasteiger charge is -2.14. The van der Waals surface area contributed by atoms with Crippen LogP contribution in [0, 0.1) is 0 Å². The number of rotatable bonds is 7. The second kappa shape index (κ2) is 10.0. The summed E-state index contributed by atoms with van der Waals surface area (Å²) in [5.41, 5.74) is 1.13. The average Bonchev–Trinajstić information content (AvgIpc) is 3.01. The number of carbonyl (C=O) groups excluding carboxylic acids is 2. The zero-order valence-electron chi connectivity index (χ0n) is 16.9. The van der Waals surface area contributed by atoms with E-state index in [-0.39, 0.29) is 16.8 Å². The molecule has 162 valence electrons. The van der Waals surface area contributed by atoms with E-state index < -0.39 is 5.91 Å². The number of benzene rings is 2. The van der Waals surface area contributed by atoms with E-state index in [2.05, 4.69) is 5.32 Å². The molecule has 1 aliphatic rings. The topological polar surface area (TPSA) is 77.1 Å². The monoisotopic (exact) mass is 478 g/mol. The largest absolute Gasteiger partial charge is 0.493 e. The Hall–Kier alpha value is -2.75. The Morgan fingerprint density at radius 1 is 1.16 bits per heavy atom. The fourth-order valence-electron chi connectivity index (χ4n) is 2.87. The van der Waals surface area contributed by atoms with Crippen LogP contribution in [0.25, 0.3) is 6.08 Å². The highest BCUT2D eigenvalue weighted by atomic mass is 35.5. The van der Waals surface area contributed by atoms with Gasteiger partial charge in [-0.05, 0) is 35.9 Å². The summed E-state index contributed by atoms with van der Waals surface area (Å²) in [6, 6.07) is 10.3. The van der Waals surface area contributed by atoms with Gasteiger partial charge in [-0.15, -0.1) is 0 Å². The molecule has 1 heterocycles. The summed E-state index contributed by atoms with van der Waals surface area (Å²) in [4.78, 5) is 26.9. The van der Waals surface area contributed by atoms with Gasteiger partial charge in [0.1, 0.15) is 10.9 Å². The van der Waals surface area contributed by atoms with E-state index >= 15 is 0 Å². The van der Waals surface area contributed by atoms with Crippen molar-refractivity contribution in [2.45, 2.75) is 0 Å². The first-order valence-corrected chi connectivity index (χ1v) is 10.6. The Morgan fingerprint density at radius 3 is 2.39 bits per heavy atom. The fourth-order valence-corrected chi connectivity index (χ4v) is 4.31. The SMILES string of the molecule is COc1cc(C=C2SC(=S)N(CC(=O)Nc3ccccc3Cl)C2=O)cc(OC)c1OC. The highest BCUT2D eigenvalue weighted by molar-refractivity contribution is 8.26. The zero-order chi connectivity index (χ0) is 22.5. The number of thiocarbonyl (C=S) groups is 1. The molecule has 7 nitrogen and oxygen atoms in total. The van der Waals surface area contributed by atoms with Crippen molar-refractivity contribution in [1.29, 1.82) is 0 Å². The van der Waals surface area contributed by atoms with Crippen molar-refractivity contribution in [3.8, 4) is 17.2 Å². The van der Waals surface area contributed by atoms with Crippen LogP contribution in [0.4, 0.5) is 5.69 Å². The third-order valence-electron chi connectivity index (χ3n) is 4.31. The van der Waals surface area contributed by atoms with Gasteiger partial charge in [0.05, 0.1) is 36.9 Å². The van der Waals surface area contributed by atoms with Crippen LogP contribution in [0.15, 0.2) is 41.3 Å². The average molecular weight is 479 g/mol. The summed E-state index contributed by atoms with van der Waals surface area (Å²) in [5.74, 6) is 0.604. The molecular formula is C21H19ClN2O5S2. The summed E-state index contributed by atoms with van der Waals surface area (Å²) >= 11 is 12.5. The highest BCUT2D eigenvalue weighted by Gasteiger charge is 2.33.